The summed E-state index contributed by atoms with van der Waals surface area (Å²) in [6.07, 6.45) is 2.55. The van der Waals surface area contributed by atoms with E-state index in [-0.39, 0.29) is 17.7 Å². The van der Waals surface area contributed by atoms with Crippen molar-refractivity contribution in [2.24, 2.45) is 5.92 Å². The van der Waals surface area contributed by atoms with Crippen LogP contribution in [0.4, 0.5) is 0 Å². The Morgan fingerprint density at radius 3 is 2.60 bits per heavy atom. The topological polar surface area (TPSA) is 54.7 Å². The molecule has 0 bridgehead atoms. The summed E-state index contributed by atoms with van der Waals surface area (Å²) in [5.74, 6) is 1.36. The lowest BCUT2D eigenvalue weighted by atomic mass is 10.1. The molecule has 1 aliphatic carbocycles. The summed E-state index contributed by atoms with van der Waals surface area (Å²) >= 11 is 0. The molecule has 5 nitrogen and oxygen atoms in total. The summed E-state index contributed by atoms with van der Waals surface area (Å²) in [5.41, 5.74) is 2.44. The molecule has 4 rings (SSSR count). The monoisotopic (exact) mass is 340 g/mol. The van der Waals surface area contributed by atoms with E-state index < -0.39 is 0 Å². The molecule has 1 aromatic carbocycles. The highest BCUT2D eigenvalue weighted by molar-refractivity contribution is 5.82. The Labute approximate surface area is 148 Å². The van der Waals surface area contributed by atoms with Gasteiger partial charge < -0.3 is 14.5 Å². The van der Waals surface area contributed by atoms with Crippen molar-refractivity contribution in [3.63, 3.8) is 0 Å². The molecule has 25 heavy (non-hydrogen) atoms. The third kappa shape index (κ3) is 4.11. The van der Waals surface area contributed by atoms with Gasteiger partial charge in [-0.15, -0.1) is 0 Å². The van der Waals surface area contributed by atoms with E-state index in [1.54, 1.807) is 6.26 Å². The Bertz CT molecular complexity index is 690. The molecule has 2 aromatic rings. The molecule has 132 valence electrons. The van der Waals surface area contributed by atoms with Gasteiger partial charge in [0, 0.05) is 38.0 Å². The fourth-order valence-corrected chi connectivity index (χ4v) is 3.40. The standard InChI is InChI=1S/C20H24N2O3/c23-20(18-12-17(18)19-2-1-9-25-19)21-13-15-3-5-16(6-4-15)14-22-7-10-24-11-8-22/h1-6,9,17-18H,7-8,10-14H2,(H,21,23). The molecule has 0 radical (unpaired) electrons. The number of hydrogen-bond acceptors (Lipinski definition) is 4. The zero-order chi connectivity index (χ0) is 17.1. The fourth-order valence-electron chi connectivity index (χ4n) is 3.40. The van der Waals surface area contributed by atoms with Gasteiger partial charge >= 0.3 is 0 Å². The minimum Gasteiger partial charge on any atom is -0.469 e. The van der Waals surface area contributed by atoms with Crippen LogP contribution in [0.5, 0.6) is 0 Å². The molecule has 2 atom stereocenters. The highest BCUT2D eigenvalue weighted by Crippen LogP contribution is 2.47. The van der Waals surface area contributed by atoms with E-state index in [2.05, 4.69) is 34.5 Å². The Kier molecular flexibility index (Phi) is 4.85. The van der Waals surface area contributed by atoms with Crippen molar-refractivity contribution in [2.75, 3.05) is 26.3 Å². The number of amides is 1. The number of furan rings is 1. The number of benzene rings is 1. The number of morpholine rings is 1. The third-order valence-corrected chi connectivity index (χ3v) is 5.04. The average molecular weight is 340 g/mol. The van der Waals surface area contributed by atoms with Crippen LogP contribution in [0.25, 0.3) is 0 Å². The van der Waals surface area contributed by atoms with Crippen LogP contribution in [0, 0.1) is 5.92 Å². The van der Waals surface area contributed by atoms with E-state index >= 15 is 0 Å². The first-order valence-electron chi connectivity index (χ1n) is 8.98. The molecule has 1 aliphatic heterocycles. The molecule has 1 N–H and O–H groups in total. The normalized spacial score (nSPS) is 23.4. The zero-order valence-electron chi connectivity index (χ0n) is 14.3. The number of ether oxygens (including phenoxy) is 1. The molecule has 1 aromatic heterocycles. The predicted octanol–water partition coefficient (Wildman–Crippen LogP) is 2.53. The maximum Gasteiger partial charge on any atom is 0.224 e. The molecule has 1 amide bonds. The van der Waals surface area contributed by atoms with Crippen LogP contribution in [-0.4, -0.2) is 37.1 Å². The number of hydrogen-bond donors (Lipinski definition) is 1. The van der Waals surface area contributed by atoms with E-state index in [1.165, 1.54) is 5.56 Å². The summed E-state index contributed by atoms with van der Waals surface area (Å²) in [5, 5.41) is 3.05. The average Bonchev–Trinajstić information content (AvgIpc) is 3.27. The van der Waals surface area contributed by atoms with Crippen LogP contribution in [-0.2, 0) is 22.6 Å². The SMILES string of the molecule is O=C(NCc1ccc(CN2CCOCC2)cc1)C1CC1c1ccco1. The molecule has 2 aliphatic rings. The van der Waals surface area contributed by atoms with Crippen molar-refractivity contribution in [1.29, 1.82) is 0 Å². The number of carbonyl (C=O) groups excluding carboxylic acids is 1. The summed E-state index contributed by atoms with van der Waals surface area (Å²) in [6, 6.07) is 12.3. The van der Waals surface area contributed by atoms with E-state index in [0.29, 0.717) is 6.54 Å². The van der Waals surface area contributed by atoms with E-state index in [0.717, 1.165) is 50.6 Å². The lowest BCUT2D eigenvalue weighted by Gasteiger charge is -2.26. The van der Waals surface area contributed by atoms with Crippen molar-refractivity contribution < 1.29 is 13.9 Å². The number of rotatable bonds is 6. The highest BCUT2D eigenvalue weighted by atomic mass is 16.5. The summed E-state index contributed by atoms with van der Waals surface area (Å²) in [6.45, 7) is 5.18. The van der Waals surface area contributed by atoms with Gasteiger partial charge in [-0.1, -0.05) is 24.3 Å². The van der Waals surface area contributed by atoms with Crippen LogP contribution in [0.1, 0.15) is 29.2 Å². The van der Waals surface area contributed by atoms with Crippen molar-refractivity contribution in [3.05, 3.63) is 59.5 Å². The fraction of sp³-hybridized carbons (Fsp3) is 0.450. The molecule has 2 fully saturated rings. The van der Waals surface area contributed by atoms with Crippen LogP contribution in [0.3, 0.4) is 0 Å². The summed E-state index contributed by atoms with van der Waals surface area (Å²) in [7, 11) is 0. The second-order valence-corrected chi connectivity index (χ2v) is 6.89. The number of nitrogens with one attached hydrogen (secondary N) is 1. The van der Waals surface area contributed by atoms with Gasteiger partial charge in [0.25, 0.3) is 0 Å². The minimum atomic E-state index is 0.0618. The molecule has 2 heterocycles. The van der Waals surface area contributed by atoms with Gasteiger partial charge in [0.15, 0.2) is 0 Å². The second kappa shape index (κ2) is 7.42. The van der Waals surface area contributed by atoms with Crippen molar-refractivity contribution in [2.45, 2.75) is 25.4 Å². The summed E-state index contributed by atoms with van der Waals surface area (Å²) < 4.78 is 10.8. The first kappa shape index (κ1) is 16.4. The van der Waals surface area contributed by atoms with Crippen LogP contribution in [0.2, 0.25) is 0 Å². The van der Waals surface area contributed by atoms with E-state index in [9.17, 15) is 4.79 Å². The second-order valence-electron chi connectivity index (χ2n) is 6.89. The summed E-state index contributed by atoms with van der Waals surface area (Å²) in [4.78, 5) is 14.6. The Morgan fingerprint density at radius 2 is 1.88 bits per heavy atom. The van der Waals surface area contributed by atoms with E-state index in [4.69, 9.17) is 9.15 Å². The van der Waals surface area contributed by atoms with Gasteiger partial charge in [-0.3, -0.25) is 9.69 Å². The molecular formula is C20H24N2O3. The van der Waals surface area contributed by atoms with Gasteiger partial charge in [0.2, 0.25) is 5.91 Å². The molecule has 2 unspecified atom stereocenters. The van der Waals surface area contributed by atoms with E-state index in [1.807, 2.05) is 12.1 Å². The smallest absolute Gasteiger partial charge is 0.224 e. The minimum absolute atomic E-state index is 0.0618. The molecular weight excluding hydrogens is 316 g/mol. The largest absolute Gasteiger partial charge is 0.469 e. The van der Waals surface area contributed by atoms with Gasteiger partial charge in [0.1, 0.15) is 5.76 Å². The maximum absolute atomic E-state index is 12.2. The van der Waals surface area contributed by atoms with Crippen LogP contribution >= 0.6 is 0 Å². The highest BCUT2D eigenvalue weighted by Gasteiger charge is 2.45. The predicted molar refractivity (Wildman–Crippen MR) is 93.9 cm³/mol. The first-order chi connectivity index (χ1) is 12.3. The van der Waals surface area contributed by atoms with Crippen molar-refractivity contribution >= 4 is 5.91 Å². The van der Waals surface area contributed by atoms with Crippen molar-refractivity contribution in [3.8, 4) is 0 Å². The van der Waals surface area contributed by atoms with Gasteiger partial charge in [0.05, 0.1) is 19.5 Å². The Balaban J connectivity index is 1.24. The zero-order valence-corrected chi connectivity index (χ0v) is 14.3. The molecule has 0 spiro atoms. The Hall–Kier alpha value is -2.11. The van der Waals surface area contributed by atoms with Gasteiger partial charge in [-0.2, -0.15) is 0 Å². The number of nitrogens with zero attached hydrogens (tertiary/aromatic N) is 1. The maximum atomic E-state index is 12.2. The third-order valence-electron chi connectivity index (χ3n) is 5.04. The molecule has 1 saturated heterocycles. The lowest BCUT2D eigenvalue weighted by molar-refractivity contribution is -0.122. The van der Waals surface area contributed by atoms with Gasteiger partial charge in [-0.05, 0) is 29.7 Å². The number of carbonyl (C=O) groups is 1. The van der Waals surface area contributed by atoms with Gasteiger partial charge in [-0.25, -0.2) is 0 Å². The lowest BCUT2D eigenvalue weighted by Crippen LogP contribution is -2.35. The van der Waals surface area contributed by atoms with Crippen LogP contribution < -0.4 is 5.32 Å². The quantitative estimate of drug-likeness (QED) is 0.878. The Morgan fingerprint density at radius 1 is 1.12 bits per heavy atom. The molecule has 1 saturated carbocycles. The van der Waals surface area contributed by atoms with Crippen molar-refractivity contribution in [1.82, 2.24) is 10.2 Å². The van der Waals surface area contributed by atoms with Crippen LogP contribution in [0.15, 0.2) is 47.1 Å². The molecule has 5 heteroatoms. The first-order valence-corrected chi connectivity index (χ1v) is 8.98.